The Morgan fingerprint density at radius 1 is 1.00 bits per heavy atom. The van der Waals surface area contributed by atoms with Gasteiger partial charge in [-0.05, 0) is 18.1 Å². The minimum Gasteiger partial charge on any atom is -0.355 e. The molecule has 0 spiro atoms. The van der Waals surface area contributed by atoms with Crippen molar-refractivity contribution < 1.29 is 0 Å². The van der Waals surface area contributed by atoms with Crippen LogP contribution >= 0.6 is 0 Å². The van der Waals surface area contributed by atoms with E-state index in [1.54, 1.807) is 13.4 Å². The van der Waals surface area contributed by atoms with Crippen LogP contribution in [0, 0.1) is 0 Å². The number of hydrogen-bond donors (Lipinski definition) is 2. The van der Waals surface area contributed by atoms with Gasteiger partial charge < -0.3 is 15.2 Å². The van der Waals surface area contributed by atoms with Crippen molar-refractivity contribution in [3.05, 3.63) is 83.9 Å². The predicted octanol–water partition coefficient (Wildman–Crippen LogP) is 2.80. The van der Waals surface area contributed by atoms with Gasteiger partial charge in [-0.3, -0.25) is 4.99 Å². The van der Waals surface area contributed by atoms with Gasteiger partial charge in [0.15, 0.2) is 11.8 Å². The van der Waals surface area contributed by atoms with Crippen LogP contribution in [0.15, 0.2) is 72.0 Å². The molecule has 0 aliphatic rings. The second-order valence-electron chi connectivity index (χ2n) is 6.21. The zero-order valence-corrected chi connectivity index (χ0v) is 15.8. The summed E-state index contributed by atoms with van der Waals surface area (Å²) >= 11 is 0. The number of aromatic nitrogens is 3. The summed E-state index contributed by atoms with van der Waals surface area (Å²) in [5.74, 6) is 1.88. The highest BCUT2D eigenvalue weighted by atomic mass is 15.3. The largest absolute Gasteiger partial charge is 0.355 e. The summed E-state index contributed by atoms with van der Waals surface area (Å²) in [6, 6.07) is 21.1. The molecule has 0 amide bonds. The Labute approximate surface area is 160 Å². The van der Waals surface area contributed by atoms with Gasteiger partial charge in [0.2, 0.25) is 0 Å². The highest BCUT2D eigenvalue weighted by Gasteiger charge is 2.14. The maximum atomic E-state index is 4.34. The molecule has 1 aromatic heterocycles. The van der Waals surface area contributed by atoms with E-state index in [0.717, 1.165) is 24.9 Å². The topological polar surface area (TPSA) is 67.1 Å². The lowest BCUT2D eigenvalue weighted by atomic mass is 9.91. The number of nitrogens with one attached hydrogen (secondary N) is 2. The molecular formula is C21H26N6. The lowest BCUT2D eigenvalue weighted by Crippen LogP contribution is -2.39. The van der Waals surface area contributed by atoms with Gasteiger partial charge in [-0.1, -0.05) is 60.7 Å². The van der Waals surface area contributed by atoms with E-state index in [1.807, 2.05) is 16.7 Å². The lowest BCUT2D eigenvalue weighted by molar-refractivity contribution is 0.664. The fourth-order valence-corrected chi connectivity index (χ4v) is 3.06. The van der Waals surface area contributed by atoms with Gasteiger partial charge in [-0.15, -0.1) is 10.2 Å². The normalized spacial score (nSPS) is 11.6. The summed E-state index contributed by atoms with van der Waals surface area (Å²) in [5, 5.41) is 14.9. The second kappa shape index (κ2) is 9.52. The molecule has 2 N–H and O–H groups in total. The third-order valence-electron chi connectivity index (χ3n) is 4.55. The molecule has 2 aromatic carbocycles. The van der Waals surface area contributed by atoms with Gasteiger partial charge in [0.25, 0.3) is 0 Å². The molecule has 6 nitrogen and oxygen atoms in total. The SMILES string of the molecule is CCn1cnnc1CNC(=NC)NCC(c1ccccc1)c1ccccc1. The molecule has 27 heavy (non-hydrogen) atoms. The molecule has 0 saturated heterocycles. The van der Waals surface area contributed by atoms with E-state index in [1.165, 1.54) is 11.1 Å². The number of aryl methyl sites for hydroxylation is 1. The van der Waals surface area contributed by atoms with Crippen molar-refractivity contribution in [2.45, 2.75) is 25.9 Å². The molecule has 0 aliphatic heterocycles. The number of benzene rings is 2. The number of aliphatic imine (C=N–C) groups is 1. The van der Waals surface area contributed by atoms with Crippen LogP contribution in [0.3, 0.4) is 0 Å². The molecule has 1 heterocycles. The van der Waals surface area contributed by atoms with Crippen LogP contribution < -0.4 is 10.6 Å². The number of guanidine groups is 1. The monoisotopic (exact) mass is 362 g/mol. The first-order chi connectivity index (χ1) is 13.3. The first-order valence-corrected chi connectivity index (χ1v) is 9.23. The Kier molecular flexibility index (Phi) is 6.57. The lowest BCUT2D eigenvalue weighted by Gasteiger charge is -2.20. The summed E-state index contributed by atoms with van der Waals surface area (Å²) in [7, 11) is 1.78. The Balaban J connectivity index is 1.67. The molecule has 3 rings (SSSR count). The predicted molar refractivity (Wildman–Crippen MR) is 109 cm³/mol. The highest BCUT2D eigenvalue weighted by Crippen LogP contribution is 2.23. The van der Waals surface area contributed by atoms with Crippen molar-refractivity contribution in [1.82, 2.24) is 25.4 Å². The van der Waals surface area contributed by atoms with E-state index in [2.05, 4.69) is 81.3 Å². The fraction of sp³-hybridized carbons (Fsp3) is 0.286. The molecule has 6 heteroatoms. The van der Waals surface area contributed by atoms with E-state index in [9.17, 15) is 0 Å². The van der Waals surface area contributed by atoms with E-state index in [4.69, 9.17) is 0 Å². The Hall–Kier alpha value is -3.15. The summed E-state index contributed by atoms with van der Waals surface area (Å²) < 4.78 is 2.01. The highest BCUT2D eigenvalue weighted by molar-refractivity contribution is 5.79. The first-order valence-electron chi connectivity index (χ1n) is 9.23. The van der Waals surface area contributed by atoms with Crippen molar-refractivity contribution in [1.29, 1.82) is 0 Å². The van der Waals surface area contributed by atoms with Gasteiger partial charge in [-0.25, -0.2) is 0 Å². The first kappa shape index (κ1) is 18.6. The minimum atomic E-state index is 0.241. The van der Waals surface area contributed by atoms with Gasteiger partial charge >= 0.3 is 0 Å². The molecule has 140 valence electrons. The van der Waals surface area contributed by atoms with E-state index < -0.39 is 0 Å². The van der Waals surface area contributed by atoms with Crippen molar-refractivity contribution in [2.24, 2.45) is 4.99 Å². The van der Waals surface area contributed by atoms with Gasteiger partial charge in [0.1, 0.15) is 6.33 Å². The average Bonchev–Trinajstić information content (AvgIpc) is 3.19. The number of rotatable bonds is 7. The molecule has 3 aromatic rings. The zero-order chi connectivity index (χ0) is 18.9. The van der Waals surface area contributed by atoms with E-state index in [0.29, 0.717) is 6.54 Å². The molecular weight excluding hydrogens is 336 g/mol. The Bertz CT molecular complexity index is 802. The van der Waals surface area contributed by atoms with Gasteiger partial charge in [-0.2, -0.15) is 0 Å². The van der Waals surface area contributed by atoms with Crippen LogP contribution in [0.2, 0.25) is 0 Å². The van der Waals surface area contributed by atoms with Crippen LogP contribution in [-0.4, -0.2) is 34.3 Å². The Morgan fingerprint density at radius 2 is 1.63 bits per heavy atom. The van der Waals surface area contributed by atoms with Crippen molar-refractivity contribution in [3.8, 4) is 0 Å². The number of hydrogen-bond acceptors (Lipinski definition) is 3. The van der Waals surface area contributed by atoms with Crippen molar-refractivity contribution in [2.75, 3.05) is 13.6 Å². The van der Waals surface area contributed by atoms with Crippen LogP contribution in [-0.2, 0) is 13.1 Å². The summed E-state index contributed by atoms with van der Waals surface area (Å²) in [4.78, 5) is 4.34. The summed E-state index contributed by atoms with van der Waals surface area (Å²) in [5.41, 5.74) is 2.55. The van der Waals surface area contributed by atoms with Gasteiger partial charge in [0, 0.05) is 26.1 Å². The summed E-state index contributed by atoms with van der Waals surface area (Å²) in [6.45, 7) is 4.24. The third-order valence-corrected chi connectivity index (χ3v) is 4.55. The molecule has 0 radical (unpaired) electrons. The maximum absolute atomic E-state index is 4.34. The van der Waals surface area contributed by atoms with Crippen LogP contribution in [0.5, 0.6) is 0 Å². The molecule has 0 bridgehead atoms. The van der Waals surface area contributed by atoms with E-state index >= 15 is 0 Å². The molecule has 0 fully saturated rings. The second-order valence-corrected chi connectivity index (χ2v) is 6.21. The summed E-state index contributed by atoms with van der Waals surface area (Å²) in [6.07, 6.45) is 1.74. The number of nitrogens with zero attached hydrogens (tertiary/aromatic N) is 4. The van der Waals surface area contributed by atoms with Crippen molar-refractivity contribution in [3.63, 3.8) is 0 Å². The van der Waals surface area contributed by atoms with Crippen molar-refractivity contribution >= 4 is 5.96 Å². The van der Waals surface area contributed by atoms with Crippen LogP contribution in [0.1, 0.15) is 29.8 Å². The minimum absolute atomic E-state index is 0.241. The maximum Gasteiger partial charge on any atom is 0.191 e. The molecule has 0 aliphatic carbocycles. The quantitative estimate of drug-likeness (QED) is 0.501. The standard InChI is InChI=1S/C21H26N6/c1-3-27-16-25-26-20(27)15-24-21(22-2)23-14-19(17-10-6-4-7-11-17)18-12-8-5-9-13-18/h4-13,16,19H,3,14-15H2,1-2H3,(H2,22,23,24). The molecule has 0 unspecified atom stereocenters. The molecule has 0 atom stereocenters. The van der Waals surface area contributed by atoms with E-state index in [-0.39, 0.29) is 5.92 Å². The average molecular weight is 362 g/mol. The smallest absolute Gasteiger partial charge is 0.191 e. The van der Waals surface area contributed by atoms with Gasteiger partial charge in [0.05, 0.1) is 6.54 Å². The fourth-order valence-electron chi connectivity index (χ4n) is 3.06. The van der Waals surface area contributed by atoms with Crippen LogP contribution in [0.25, 0.3) is 0 Å². The Morgan fingerprint density at radius 3 is 2.19 bits per heavy atom. The molecule has 0 saturated carbocycles. The van der Waals surface area contributed by atoms with Crippen LogP contribution in [0.4, 0.5) is 0 Å². The third kappa shape index (κ3) is 4.94. The zero-order valence-electron chi connectivity index (χ0n) is 15.8.